The van der Waals surface area contributed by atoms with Crippen molar-refractivity contribution in [1.29, 1.82) is 0 Å². The maximum atomic E-state index is 11.5. The predicted octanol–water partition coefficient (Wildman–Crippen LogP) is 2.09. The first-order valence-corrected chi connectivity index (χ1v) is 8.40. The molecule has 0 atom stereocenters. The van der Waals surface area contributed by atoms with Gasteiger partial charge in [-0.15, -0.1) is 0 Å². The summed E-state index contributed by atoms with van der Waals surface area (Å²) in [7, 11) is -1.19. The number of methoxy groups -OCH3 is 1. The molecule has 0 saturated carbocycles. The van der Waals surface area contributed by atoms with Gasteiger partial charge in [0.15, 0.2) is 18.2 Å². The molecule has 0 aliphatic heterocycles. The maximum absolute atomic E-state index is 11.5. The number of pyridine rings is 1. The third-order valence-corrected chi connectivity index (χ3v) is 4.33. The van der Waals surface area contributed by atoms with Crippen LogP contribution in [0.15, 0.2) is 58.2 Å². The molecule has 0 aliphatic carbocycles. The number of aromatic nitrogens is 2. The number of nitrogens with zero attached hydrogens (tertiary/aromatic N) is 2. The van der Waals surface area contributed by atoms with Crippen molar-refractivity contribution in [2.24, 2.45) is 7.05 Å². The maximum Gasteiger partial charge on any atom is 0.298 e. The molecule has 8 heteroatoms. The van der Waals surface area contributed by atoms with Gasteiger partial charge in [-0.1, -0.05) is 0 Å². The standard InChI is InChI=1S/C16H14N2O5S/c1-18-7-5-11(6-8-18)16-17-10-14(23-16)12-3-4-13(22-2)15(9-12)24(19,20)21/h3-10H,1-2H3/p+1. The van der Waals surface area contributed by atoms with Gasteiger partial charge < -0.3 is 9.15 Å². The fraction of sp³-hybridized carbons (Fsp3) is 0.125. The molecule has 0 radical (unpaired) electrons. The van der Waals surface area contributed by atoms with Crippen molar-refractivity contribution in [3.63, 3.8) is 0 Å². The lowest BCUT2D eigenvalue weighted by atomic mass is 10.2. The molecule has 2 heterocycles. The van der Waals surface area contributed by atoms with Crippen LogP contribution in [-0.2, 0) is 17.2 Å². The molecule has 2 aromatic heterocycles. The molecular formula is C16H15N2O5S+. The highest BCUT2D eigenvalue weighted by Crippen LogP contribution is 2.31. The Bertz CT molecular complexity index is 978. The van der Waals surface area contributed by atoms with Gasteiger partial charge in [0.1, 0.15) is 17.7 Å². The molecule has 0 aliphatic rings. The monoisotopic (exact) mass is 347 g/mol. The molecule has 0 bridgehead atoms. The first-order valence-electron chi connectivity index (χ1n) is 6.96. The quantitative estimate of drug-likeness (QED) is 0.574. The van der Waals surface area contributed by atoms with E-state index in [1.165, 1.54) is 25.4 Å². The lowest BCUT2D eigenvalue weighted by molar-refractivity contribution is -0.671. The van der Waals surface area contributed by atoms with E-state index in [0.29, 0.717) is 17.2 Å². The van der Waals surface area contributed by atoms with Crippen molar-refractivity contribution >= 4 is 10.1 Å². The summed E-state index contributed by atoms with van der Waals surface area (Å²) in [5.74, 6) is 0.845. The fourth-order valence-electron chi connectivity index (χ4n) is 2.22. The average Bonchev–Trinajstić information content (AvgIpc) is 3.04. The summed E-state index contributed by atoms with van der Waals surface area (Å²) < 4.78 is 44.8. The molecule has 1 aromatic carbocycles. The van der Waals surface area contributed by atoms with Crippen molar-refractivity contribution in [1.82, 2.24) is 4.98 Å². The van der Waals surface area contributed by atoms with E-state index in [9.17, 15) is 13.0 Å². The molecule has 0 fully saturated rings. The molecule has 124 valence electrons. The molecule has 0 saturated heterocycles. The van der Waals surface area contributed by atoms with Crippen molar-refractivity contribution in [2.45, 2.75) is 4.90 Å². The Morgan fingerprint density at radius 2 is 1.88 bits per heavy atom. The highest BCUT2D eigenvalue weighted by molar-refractivity contribution is 7.86. The van der Waals surface area contributed by atoms with Gasteiger partial charge in [0.05, 0.1) is 13.3 Å². The first kappa shape index (κ1) is 16.2. The topological polar surface area (TPSA) is 93.5 Å². The van der Waals surface area contributed by atoms with Crippen molar-refractivity contribution in [3.05, 3.63) is 48.9 Å². The molecule has 24 heavy (non-hydrogen) atoms. The van der Waals surface area contributed by atoms with Crippen LogP contribution in [0.25, 0.3) is 22.8 Å². The Morgan fingerprint density at radius 3 is 2.50 bits per heavy atom. The molecular weight excluding hydrogens is 332 g/mol. The Hall–Kier alpha value is -2.71. The molecule has 0 unspecified atom stereocenters. The summed E-state index contributed by atoms with van der Waals surface area (Å²) in [4.78, 5) is 3.88. The minimum absolute atomic E-state index is 0.0524. The van der Waals surface area contributed by atoms with Crippen LogP contribution in [0.3, 0.4) is 0 Å². The van der Waals surface area contributed by atoms with Gasteiger partial charge in [-0.05, 0) is 18.2 Å². The van der Waals surface area contributed by atoms with Gasteiger partial charge in [0.2, 0.25) is 5.89 Å². The zero-order valence-corrected chi connectivity index (χ0v) is 13.8. The van der Waals surface area contributed by atoms with Gasteiger partial charge in [-0.25, -0.2) is 9.55 Å². The number of oxazole rings is 1. The van der Waals surface area contributed by atoms with E-state index in [4.69, 9.17) is 9.15 Å². The van der Waals surface area contributed by atoms with Gasteiger partial charge in [-0.2, -0.15) is 8.42 Å². The lowest BCUT2D eigenvalue weighted by Crippen LogP contribution is -2.25. The highest BCUT2D eigenvalue weighted by atomic mass is 32.2. The normalized spacial score (nSPS) is 11.5. The Balaban J connectivity index is 2.03. The Morgan fingerprint density at radius 1 is 1.17 bits per heavy atom. The smallest absolute Gasteiger partial charge is 0.298 e. The SMILES string of the molecule is COc1ccc(-c2cnc(-c3cc[n+](C)cc3)o2)cc1S(=O)(=O)O. The molecule has 1 N–H and O–H groups in total. The van der Waals surface area contributed by atoms with Crippen LogP contribution >= 0.6 is 0 Å². The number of aryl methyl sites for hydroxylation is 1. The molecule has 7 nitrogen and oxygen atoms in total. The van der Waals surface area contributed by atoms with Crippen LogP contribution in [0, 0.1) is 0 Å². The Labute approximate surface area is 138 Å². The van der Waals surface area contributed by atoms with Crippen LogP contribution < -0.4 is 9.30 Å². The highest BCUT2D eigenvalue weighted by Gasteiger charge is 2.19. The summed E-state index contributed by atoms with van der Waals surface area (Å²) >= 11 is 0. The third kappa shape index (κ3) is 3.15. The minimum atomic E-state index is -4.42. The summed E-state index contributed by atoms with van der Waals surface area (Å²) in [6.45, 7) is 0. The van der Waals surface area contributed by atoms with Crippen LogP contribution in [0.5, 0.6) is 5.75 Å². The van der Waals surface area contributed by atoms with E-state index >= 15 is 0 Å². The minimum Gasteiger partial charge on any atom is -0.495 e. The van der Waals surface area contributed by atoms with E-state index in [1.54, 1.807) is 6.07 Å². The van der Waals surface area contributed by atoms with Gasteiger partial charge in [0.25, 0.3) is 10.1 Å². The van der Waals surface area contributed by atoms with Crippen LogP contribution in [0.4, 0.5) is 0 Å². The van der Waals surface area contributed by atoms with E-state index < -0.39 is 10.1 Å². The summed E-state index contributed by atoms with van der Waals surface area (Å²) in [6.07, 6.45) is 5.23. The molecule has 0 spiro atoms. The summed E-state index contributed by atoms with van der Waals surface area (Å²) in [6, 6.07) is 8.07. The van der Waals surface area contributed by atoms with Crippen LogP contribution in [0.1, 0.15) is 0 Å². The van der Waals surface area contributed by atoms with E-state index in [0.717, 1.165) is 5.56 Å². The fourth-order valence-corrected chi connectivity index (χ4v) is 2.90. The number of hydrogen-bond donors (Lipinski definition) is 1. The number of benzene rings is 1. The first-order chi connectivity index (χ1) is 11.4. The van der Waals surface area contributed by atoms with E-state index in [-0.39, 0.29) is 10.6 Å². The van der Waals surface area contributed by atoms with Crippen LogP contribution in [-0.4, -0.2) is 25.1 Å². The number of ether oxygens (including phenoxy) is 1. The second-order valence-corrected chi connectivity index (χ2v) is 6.51. The van der Waals surface area contributed by atoms with Gasteiger partial charge >= 0.3 is 0 Å². The molecule has 3 rings (SSSR count). The van der Waals surface area contributed by atoms with E-state index in [1.807, 2.05) is 36.1 Å². The third-order valence-electron chi connectivity index (χ3n) is 3.46. The number of hydrogen-bond acceptors (Lipinski definition) is 5. The number of rotatable bonds is 4. The van der Waals surface area contributed by atoms with Crippen molar-refractivity contribution < 1.29 is 26.7 Å². The molecule has 3 aromatic rings. The zero-order chi connectivity index (χ0) is 17.3. The zero-order valence-electron chi connectivity index (χ0n) is 13.0. The second-order valence-electron chi connectivity index (χ2n) is 5.12. The van der Waals surface area contributed by atoms with Crippen LogP contribution in [0.2, 0.25) is 0 Å². The largest absolute Gasteiger partial charge is 0.495 e. The summed E-state index contributed by atoms with van der Waals surface area (Å²) in [5, 5.41) is 0. The molecule has 0 amide bonds. The average molecular weight is 347 g/mol. The lowest BCUT2D eigenvalue weighted by Gasteiger charge is -2.07. The van der Waals surface area contributed by atoms with Crippen molar-refractivity contribution in [3.8, 4) is 28.5 Å². The predicted molar refractivity (Wildman–Crippen MR) is 84.9 cm³/mol. The second kappa shape index (κ2) is 6.06. The van der Waals surface area contributed by atoms with Gasteiger partial charge in [-0.3, -0.25) is 4.55 Å². The van der Waals surface area contributed by atoms with E-state index in [2.05, 4.69) is 4.98 Å². The summed E-state index contributed by atoms with van der Waals surface area (Å²) in [5.41, 5.74) is 1.26. The van der Waals surface area contributed by atoms with Gasteiger partial charge in [0, 0.05) is 23.3 Å². The Kier molecular flexibility index (Phi) is 4.08. The van der Waals surface area contributed by atoms with Crippen molar-refractivity contribution in [2.75, 3.05) is 7.11 Å².